The van der Waals surface area contributed by atoms with E-state index >= 15 is 0 Å². The normalized spacial score (nSPS) is 10.8. The van der Waals surface area contributed by atoms with E-state index in [1.807, 2.05) is 174 Å². The van der Waals surface area contributed by atoms with Gasteiger partial charge in [0.1, 0.15) is 6.07 Å². The second-order valence-corrected chi connectivity index (χ2v) is 32.9. The summed E-state index contributed by atoms with van der Waals surface area (Å²) >= 11 is 0. The van der Waals surface area contributed by atoms with Crippen molar-refractivity contribution in [2.45, 2.75) is 0 Å². The Morgan fingerprint density at radius 2 is 0.507 bits per heavy atom. The van der Waals surface area contributed by atoms with Crippen molar-refractivity contribution in [2.24, 2.45) is 0 Å². The van der Waals surface area contributed by atoms with Gasteiger partial charge in [0.15, 0.2) is 34.1 Å². The first-order valence-electron chi connectivity index (χ1n) is 43.5. The summed E-state index contributed by atoms with van der Waals surface area (Å²) in [6.07, 6.45) is 6.94. The van der Waals surface area contributed by atoms with Crippen LogP contribution in [-0.2, 0) is 0 Å². The molecule has 0 radical (unpaired) electrons. The van der Waals surface area contributed by atoms with Crippen molar-refractivity contribution in [3.63, 3.8) is 0 Å². The maximum atomic E-state index is 11.0. The molecule has 20 nitrogen and oxygen atoms in total. The van der Waals surface area contributed by atoms with E-state index in [0.29, 0.717) is 146 Å². The van der Waals surface area contributed by atoms with Crippen LogP contribution < -0.4 is 0 Å². The minimum atomic E-state index is 0.262. The average Bonchev–Trinajstić information content (AvgIpc) is 1.56. The van der Waals surface area contributed by atoms with Crippen LogP contribution in [0.15, 0.2) is 340 Å². The minimum Gasteiger partial charge on any atom is -0.319 e. The van der Waals surface area contributed by atoms with Crippen molar-refractivity contribution in [1.82, 2.24) is 28.2 Å². The van der Waals surface area contributed by atoms with E-state index in [9.17, 15) is 36.8 Å². The van der Waals surface area contributed by atoms with Crippen LogP contribution >= 0.6 is 0 Å². The number of benzene rings is 16. The number of hydrogen-bond donors (Lipinski definition) is 0. The molecule has 22 rings (SSSR count). The quantitative estimate of drug-likeness (QED) is 0.105. The number of pyridine rings is 2. The number of para-hydroxylation sites is 2. The third-order valence-electron chi connectivity index (χ3n) is 25.6. The van der Waals surface area contributed by atoms with Gasteiger partial charge in [0.25, 0.3) is 0 Å². The molecule has 0 aliphatic carbocycles. The number of rotatable bonds is 12. The molecule has 20 heteroatoms. The lowest BCUT2D eigenvalue weighted by molar-refractivity contribution is 1.13. The maximum Gasteiger partial charge on any atom is 0.212 e. The van der Waals surface area contributed by atoms with E-state index in [-0.39, 0.29) is 5.69 Å². The second-order valence-electron chi connectivity index (χ2n) is 32.9. The van der Waals surface area contributed by atoms with Gasteiger partial charge in [-0.2, -0.15) is 36.8 Å². The number of fused-ring (bicyclic) bond motifs is 12. The molecule has 0 unspecified atom stereocenters. The van der Waals surface area contributed by atoms with Gasteiger partial charge in [0.05, 0.1) is 160 Å². The van der Waals surface area contributed by atoms with Gasteiger partial charge in [-0.05, 0) is 236 Å². The molecule has 140 heavy (non-hydrogen) atoms. The van der Waals surface area contributed by atoms with Crippen LogP contribution in [-0.4, -0.2) is 28.2 Å². The van der Waals surface area contributed by atoms with Gasteiger partial charge >= 0.3 is 0 Å². The summed E-state index contributed by atoms with van der Waals surface area (Å²) in [6.45, 7) is 55.8. The van der Waals surface area contributed by atoms with Gasteiger partial charge in [-0.25, -0.2) is 33.9 Å². The molecule has 0 saturated heterocycles. The van der Waals surface area contributed by atoms with Crippen molar-refractivity contribution in [3.8, 4) is 154 Å². The number of nitriles is 7. The number of hydrogen-bond acceptors (Lipinski definition) is 9. The molecule has 22 aromatic rings. The molecule has 0 aliphatic heterocycles. The number of nitrogens with zero attached hydrogens (tertiary/aromatic N) is 20. The van der Waals surface area contributed by atoms with E-state index in [2.05, 4.69) is 149 Å². The lowest BCUT2D eigenvalue weighted by atomic mass is 9.97. The Labute approximate surface area is 800 Å². The highest BCUT2D eigenvalue weighted by atomic mass is 15.0. The summed E-state index contributed by atoms with van der Waals surface area (Å²) in [5.41, 5.74) is 26.1. The Bertz CT molecular complexity index is 9650. The van der Waals surface area contributed by atoms with Crippen molar-refractivity contribution in [2.75, 3.05) is 0 Å². The molecule has 0 bridgehead atoms. The zero-order valence-electron chi connectivity index (χ0n) is 73.3. The van der Waals surface area contributed by atoms with Gasteiger partial charge < -0.3 is 18.3 Å². The Balaban J connectivity index is 0.000000173. The summed E-state index contributed by atoms with van der Waals surface area (Å²) < 4.78 is 8.48. The van der Waals surface area contributed by atoms with Crippen LogP contribution in [0.2, 0.25) is 0 Å². The molecular formula is C120H56N20. The lowest BCUT2D eigenvalue weighted by Crippen LogP contribution is -2.04. The van der Waals surface area contributed by atoms with Crippen molar-refractivity contribution < 1.29 is 0 Å². The van der Waals surface area contributed by atoms with E-state index in [4.69, 9.17) is 46.0 Å². The lowest BCUT2D eigenvalue weighted by Gasteiger charge is -2.20. The molecule has 6 aromatic heterocycles. The van der Waals surface area contributed by atoms with E-state index in [1.165, 1.54) is 0 Å². The molecule has 636 valence electrons. The molecule has 0 saturated carbocycles. The molecule has 0 aliphatic rings. The molecule has 0 N–H and O–H groups in total. The molecule has 6 heterocycles. The van der Waals surface area contributed by atoms with Crippen LogP contribution in [0.5, 0.6) is 0 Å². The van der Waals surface area contributed by atoms with Gasteiger partial charge in [-0.3, -0.25) is 9.97 Å². The largest absolute Gasteiger partial charge is 0.319 e. The van der Waals surface area contributed by atoms with Gasteiger partial charge in [0.2, 0.25) is 5.69 Å². The summed E-state index contributed by atoms with van der Waals surface area (Å²) in [5.74, 6) is 0. The highest BCUT2D eigenvalue weighted by Crippen LogP contribution is 2.50. The molecule has 0 amide bonds. The fourth-order valence-electron chi connectivity index (χ4n) is 19.3. The third kappa shape index (κ3) is 14.2. The molecule has 0 atom stereocenters. The highest BCUT2D eigenvalue weighted by molar-refractivity contribution is 6.17. The topological polar surface area (TPSA) is 243 Å². The van der Waals surface area contributed by atoms with E-state index < -0.39 is 0 Å². The van der Waals surface area contributed by atoms with Crippen LogP contribution in [0.25, 0.3) is 233 Å². The van der Waals surface area contributed by atoms with Crippen LogP contribution in [0.4, 0.5) is 39.8 Å². The summed E-state index contributed by atoms with van der Waals surface area (Å²) in [4.78, 5) is 35.1. The monoisotopic (exact) mass is 1780 g/mol. The maximum absolute atomic E-state index is 11.0. The second kappa shape index (κ2) is 35.0. The summed E-state index contributed by atoms with van der Waals surface area (Å²) in [5, 5.41) is 78.1. The predicted molar refractivity (Wildman–Crippen MR) is 546 cm³/mol. The fraction of sp³-hybridized carbons (Fsp3) is 0. The zero-order valence-corrected chi connectivity index (χ0v) is 73.3. The zero-order chi connectivity index (χ0) is 96.1. The first-order valence-corrected chi connectivity index (χ1v) is 43.5. The van der Waals surface area contributed by atoms with Crippen molar-refractivity contribution in [1.29, 1.82) is 36.8 Å². The summed E-state index contributed by atoms with van der Waals surface area (Å²) in [6, 6.07) is 114. The highest BCUT2D eigenvalue weighted by Gasteiger charge is 2.29. The number of aromatic nitrogens is 6. The Morgan fingerprint density at radius 3 is 0.929 bits per heavy atom. The van der Waals surface area contributed by atoms with E-state index in [0.717, 1.165) is 126 Å². The van der Waals surface area contributed by atoms with Gasteiger partial charge in [0, 0.05) is 107 Å². The van der Waals surface area contributed by atoms with Crippen LogP contribution in [0.1, 0.15) is 38.9 Å². The van der Waals surface area contributed by atoms with Crippen LogP contribution in [0.3, 0.4) is 0 Å². The molecular weight excluding hydrogens is 1720 g/mol. The minimum absolute atomic E-state index is 0.262. The smallest absolute Gasteiger partial charge is 0.212 e. The van der Waals surface area contributed by atoms with Crippen molar-refractivity contribution >= 4 is 127 Å². The fourth-order valence-corrected chi connectivity index (χ4v) is 19.3. The standard InChI is InChI=1S/C68H30N12.C52H26N8/c1-73-49-12-20-51(47(28-49)38-71)43-8-16-55-56-18-10-45(53-14-6-40(36-69)26-60(53)75-3)32-64(56)79(63(55)30-43)67-35-62(77-5)68(34-59(67)42-22-24-78-25-23-42)80-65-31-44(52-21-13-50(74-2)29-48(52)39-72)9-17-57(65)58-19-11-46(33-66(58)80)54-15-7-41(37-70)27-61(54)76-4;1-56-38-14-16-40(46(27-38)57-2)35-13-18-49-45(25-35)41-7-3-5-9-47(41)59(49)51-28-43(33-19-21-58-22-20-33)52(26-37(51)31-55)60-48-10-6-4-8-42(48)44-24-34(12-17-50(44)60)39-15-11-32(29-53)23-36(39)30-54/h6-35H;3-28H. The molecule has 0 spiro atoms. The summed E-state index contributed by atoms with van der Waals surface area (Å²) in [7, 11) is 0. The first-order chi connectivity index (χ1) is 68.7. The van der Waals surface area contributed by atoms with Gasteiger partial charge in [-0.1, -0.05) is 158 Å². The average molecular weight is 1780 g/mol. The predicted octanol–water partition coefficient (Wildman–Crippen LogP) is 30.8. The Hall–Kier alpha value is -22.1. The van der Waals surface area contributed by atoms with Gasteiger partial charge in [-0.15, -0.1) is 0 Å². The van der Waals surface area contributed by atoms with E-state index in [1.54, 1.807) is 122 Å². The van der Waals surface area contributed by atoms with Crippen LogP contribution in [0, 0.1) is 125 Å². The Morgan fingerprint density at radius 1 is 0.193 bits per heavy atom. The first kappa shape index (κ1) is 84.7. The van der Waals surface area contributed by atoms with Crippen molar-refractivity contribution in [3.05, 3.63) is 459 Å². The SMILES string of the molecule is [C-]#[N+]c1ccc(-c2ccc3c(c2)c2ccccc2n3-c2cc(-c3ccncc3)c(-n3c4ccccc4c4cc(-c5ccc(C#N)cc5C#N)ccc43)cc2C#N)c([N+]#[C-])c1.[C-]#[N+]c1ccc(-c2ccc3c4ccc(-c5ccc(C#N)cc5[N+]#[C-])cc4n(-c4cc(-c5ccncc5)c(-n5c6cc(-c7ccc([N+]#[C-])cc7C#N)ccc6c6ccc(-c7ccc(C#N)cc7[N+]#[C-])cc65)cc4[N+]#[C-])c3c2)c(C#N)c1. The molecule has 0 fully saturated rings. The molecule has 16 aromatic carbocycles. The third-order valence-corrected chi connectivity index (χ3v) is 25.6. The Kier molecular flexibility index (Phi) is 21.2.